The normalized spacial score (nSPS) is 17.7. The fraction of sp³-hybridized carbons (Fsp3) is 0.250. The first kappa shape index (κ1) is 20.0. The van der Waals surface area contributed by atoms with Gasteiger partial charge in [0.2, 0.25) is 0 Å². The molecule has 2 aromatic heterocycles. The van der Waals surface area contributed by atoms with Crippen LogP contribution in [-0.2, 0) is 23.1 Å². The molecule has 4 rings (SSSR count). The molecular weight excluding hydrogens is 379 g/mol. The number of hydroxylamine groups is 1. The Bertz CT molecular complexity index is 1050. The van der Waals surface area contributed by atoms with Gasteiger partial charge in [-0.1, -0.05) is 12.1 Å². The van der Waals surface area contributed by atoms with Gasteiger partial charge < -0.3 is 0 Å². The van der Waals surface area contributed by atoms with Gasteiger partial charge in [-0.3, -0.25) is 15.0 Å². The molecule has 28 heavy (non-hydrogen) atoms. The van der Waals surface area contributed by atoms with E-state index in [2.05, 4.69) is 10.1 Å². The van der Waals surface area contributed by atoms with Crippen molar-refractivity contribution in [1.29, 1.82) is 0 Å². The number of rotatable bonds is 3. The van der Waals surface area contributed by atoms with Crippen LogP contribution in [0, 0.1) is 19.7 Å². The van der Waals surface area contributed by atoms with Crippen LogP contribution in [0.2, 0.25) is 0 Å². The van der Waals surface area contributed by atoms with Crippen molar-refractivity contribution in [2.24, 2.45) is 0 Å². The summed E-state index contributed by atoms with van der Waals surface area (Å²) in [7, 11) is 0. The Kier molecular flexibility index (Phi) is 5.27. The molecule has 146 valence electrons. The summed E-state index contributed by atoms with van der Waals surface area (Å²) in [6, 6.07) is 6.57. The zero-order valence-electron chi connectivity index (χ0n) is 15.5. The van der Waals surface area contributed by atoms with E-state index in [-0.39, 0.29) is 19.3 Å². The average molecular weight is 400 g/mol. The average Bonchev–Trinajstić information content (AvgIpc) is 3.22. The quantitative estimate of drug-likeness (QED) is 0.523. The number of hydrogen-bond donors (Lipinski definition) is 2. The molecular formula is C20H21FN4O2S. The molecule has 1 aliphatic rings. The molecule has 2 N–H and O–H groups in total. The molecule has 1 amide bonds. The van der Waals surface area contributed by atoms with Crippen LogP contribution in [0.15, 0.2) is 42.9 Å². The lowest BCUT2D eigenvalue weighted by Gasteiger charge is -2.29. The molecule has 0 bridgehead atoms. The number of nitrogens with zero attached hydrogens (tertiary/aromatic N) is 3. The van der Waals surface area contributed by atoms with E-state index in [0.29, 0.717) is 24.0 Å². The van der Waals surface area contributed by atoms with E-state index in [1.807, 2.05) is 13.0 Å². The summed E-state index contributed by atoms with van der Waals surface area (Å²) in [5, 5.41) is 13.9. The van der Waals surface area contributed by atoms with E-state index >= 15 is 0 Å². The van der Waals surface area contributed by atoms with E-state index in [0.717, 1.165) is 22.5 Å². The summed E-state index contributed by atoms with van der Waals surface area (Å²) in [6.45, 7) is 3.59. The highest BCUT2D eigenvalue weighted by molar-refractivity contribution is 7.59. The molecule has 0 spiro atoms. The van der Waals surface area contributed by atoms with Gasteiger partial charge in [0.1, 0.15) is 5.82 Å². The van der Waals surface area contributed by atoms with Crippen LogP contribution in [0.3, 0.4) is 0 Å². The number of pyridine rings is 1. The Hall–Kier alpha value is -2.71. The van der Waals surface area contributed by atoms with E-state index in [4.69, 9.17) is 0 Å². The van der Waals surface area contributed by atoms with Gasteiger partial charge in [-0.15, -0.1) is 0 Å². The molecule has 0 aliphatic heterocycles. The first-order chi connectivity index (χ1) is 13.0. The molecule has 0 fully saturated rings. The Labute approximate surface area is 168 Å². The first-order valence-electron chi connectivity index (χ1n) is 8.65. The van der Waals surface area contributed by atoms with Crippen molar-refractivity contribution in [3.63, 3.8) is 0 Å². The van der Waals surface area contributed by atoms with Crippen LogP contribution in [0.25, 0.3) is 5.69 Å². The van der Waals surface area contributed by atoms with Crippen LogP contribution < -0.4 is 5.48 Å². The van der Waals surface area contributed by atoms with Crippen molar-refractivity contribution in [2.45, 2.75) is 32.1 Å². The van der Waals surface area contributed by atoms with Crippen molar-refractivity contribution in [2.75, 3.05) is 0 Å². The zero-order chi connectivity index (χ0) is 19.2. The topological polar surface area (TPSA) is 80.0 Å². The smallest absolute Gasteiger partial charge is 0.254 e. The number of aromatic nitrogens is 3. The van der Waals surface area contributed by atoms with Crippen molar-refractivity contribution in [3.05, 3.63) is 76.6 Å². The van der Waals surface area contributed by atoms with Crippen LogP contribution in [0.1, 0.15) is 27.9 Å². The number of carbonyl (C=O) groups excluding carboxylic acids is 1. The molecule has 0 saturated carbocycles. The van der Waals surface area contributed by atoms with Crippen molar-refractivity contribution in [3.8, 4) is 5.69 Å². The summed E-state index contributed by atoms with van der Waals surface area (Å²) < 4.78 is 16.0. The van der Waals surface area contributed by atoms with Crippen LogP contribution in [0.5, 0.6) is 0 Å². The summed E-state index contributed by atoms with van der Waals surface area (Å²) in [5.41, 5.74) is 5.29. The lowest BCUT2D eigenvalue weighted by Crippen LogP contribution is -2.45. The zero-order valence-corrected chi connectivity index (χ0v) is 16.5. The third-order valence-corrected chi connectivity index (χ3v) is 5.46. The third-order valence-electron chi connectivity index (χ3n) is 5.46. The number of halogens is 1. The maximum Gasteiger partial charge on any atom is 0.254 e. The number of aryl methyl sites for hydroxylation is 1. The second-order valence-corrected chi connectivity index (χ2v) is 6.98. The van der Waals surface area contributed by atoms with Gasteiger partial charge in [-0.25, -0.2) is 14.6 Å². The number of benzene rings is 1. The maximum absolute atomic E-state index is 14.2. The fourth-order valence-electron chi connectivity index (χ4n) is 4.03. The highest BCUT2D eigenvalue weighted by Crippen LogP contribution is 2.42. The van der Waals surface area contributed by atoms with Gasteiger partial charge in [0, 0.05) is 24.5 Å². The van der Waals surface area contributed by atoms with Gasteiger partial charge in [0.25, 0.3) is 5.91 Å². The minimum atomic E-state index is -1.09. The highest BCUT2D eigenvalue weighted by Gasteiger charge is 2.48. The standard InChI is InChI=1S/C20H19FN4O2.H2S/c1-12-10-22-7-6-17(12)25-18-9-20(19(26)24-27,8-14(18)11-23-25)15-4-3-5-16(21)13(15)2;/h3-7,10-11,27H,8-9H2,1-2H3,(H,24,26);1H2/t20-;/m0./s1. The fourth-order valence-corrected chi connectivity index (χ4v) is 4.03. The van der Waals surface area contributed by atoms with Gasteiger partial charge in [0.05, 0.1) is 17.3 Å². The third kappa shape index (κ3) is 2.89. The largest absolute Gasteiger partial charge is 0.289 e. The Morgan fingerprint density at radius 2 is 2.04 bits per heavy atom. The second-order valence-electron chi connectivity index (χ2n) is 6.98. The second kappa shape index (κ2) is 7.37. The highest BCUT2D eigenvalue weighted by atomic mass is 32.1. The van der Waals surface area contributed by atoms with Crippen LogP contribution in [-0.4, -0.2) is 25.9 Å². The lowest BCUT2D eigenvalue weighted by molar-refractivity contribution is -0.135. The molecule has 0 radical (unpaired) electrons. The first-order valence-corrected chi connectivity index (χ1v) is 8.65. The van der Waals surface area contributed by atoms with E-state index < -0.39 is 11.3 Å². The summed E-state index contributed by atoms with van der Waals surface area (Å²) in [4.78, 5) is 16.9. The summed E-state index contributed by atoms with van der Waals surface area (Å²) in [6.07, 6.45) is 5.82. The molecule has 1 aliphatic carbocycles. The number of nitrogens with one attached hydrogen (secondary N) is 1. The Balaban J connectivity index is 0.00000225. The molecule has 3 aromatic rings. The predicted octanol–water partition coefficient (Wildman–Crippen LogP) is 2.68. The Morgan fingerprint density at radius 3 is 2.75 bits per heavy atom. The van der Waals surface area contributed by atoms with Crippen molar-refractivity contribution in [1.82, 2.24) is 20.2 Å². The van der Waals surface area contributed by atoms with E-state index in [1.165, 1.54) is 6.07 Å². The molecule has 0 unspecified atom stereocenters. The summed E-state index contributed by atoms with van der Waals surface area (Å²) in [5.74, 6) is -0.925. The molecule has 0 saturated heterocycles. The van der Waals surface area contributed by atoms with Crippen LogP contribution in [0.4, 0.5) is 4.39 Å². The Morgan fingerprint density at radius 1 is 1.25 bits per heavy atom. The van der Waals surface area contributed by atoms with Gasteiger partial charge >= 0.3 is 0 Å². The number of amides is 1. The monoisotopic (exact) mass is 400 g/mol. The SMILES string of the molecule is Cc1cnccc1-n1ncc2c1C[C@](C(=O)NO)(c1cccc(F)c1C)C2.S. The number of hydrogen-bond acceptors (Lipinski definition) is 4. The molecule has 1 aromatic carbocycles. The lowest BCUT2D eigenvalue weighted by atomic mass is 9.75. The van der Waals surface area contributed by atoms with Crippen molar-refractivity contribution >= 4 is 19.4 Å². The summed E-state index contributed by atoms with van der Waals surface area (Å²) >= 11 is 0. The van der Waals surface area contributed by atoms with Gasteiger partial charge in [-0.2, -0.15) is 18.6 Å². The van der Waals surface area contributed by atoms with Gasteiger partial charge in [0.15, 0.2) is 0 Å². The number of fused-ring (bicyclic) bond motifs is 1. The number of carbonyl (C=O) groups is 1. The van der Waals surface area contributed by atoms with Crippen LogP contribution >= 0.6 is 13.5 Å². The van der Waals surface area contributed by atoms with Gasteiger partial charge in [-0.05, 0) is 54.7 Å². The predicted molar refractivity (Wildman–Crippen MR) is 107 cm³/mol. The maximum atomic E-state index is 14.2. The van der Waals surface area contributed by atoms with Crippen molar-refractivity contribution < 1.29 is 14.4 Å². The minimum absolute atomic E-state index is 0. The molecule has 6 nitrogen and oxygen atoms in total. The van der Waals surface area contributed by atoms with E-state index in [9.17, 15) is 14.4 Å². The van der Waals surface area contributed by atoms with E-state index in [1.54, 1.807) is 47.8 Å². The molecule has 1 atom stereocenters. The molecule has 2 heterocycles. The molecule has 8 heteroatoms. The minimum Gasteiger partial charge on any atom is -0.289 e.